The highest BCUT2D eigenvalue weighted by atomic mass is 16.5. The van der Waals surface area contributed by atoms with Gasteiger partial charge in [-0.1, -0.05) is 18.2 Å². The highest BCUT2D eigenvalue weighted by Crippen LogP contribution is 2.14. The Bertz CT molecular complexity index is 845. The number of carbonyl (C=O) groups excluding carboxylic acids is 1. The van der Waals surface area contributed by atoms with Crippen LogP contribution in [0.4, 0.5) is 0 Å². The van der Waals surface area contributed by atoms with E-state index in [-0.39, 0.29) is 18.1 Å². The molecule has 1 saturated heterocycles. The average Bonchev–Trinajstić information content (AvgIpc) is 3.28. The van der Waals surface area contributed by atoms with Gasteiger partial charge in [0, 0.05) is 12.3 Å². The number of nitrogens with one attached hydrogen (secondary N) is 1. The van der Waals surface area contributed by atoms with Crippen LogP contribution in [0.15, 0.2) is 40.1 Å². The Hall–Kier alpha value is -2.67. The van der Waals surface area contributed by atoms with Crippen molar-refractivity contribution in [1.82, 2.24) is 9.78 Å². The third-order valence-electron chi connectivity index (χ3n) is 4.45. The van der Waals surface area contributed by atoms with Crippen molar-refractivity contribution in [1.29, 1.82) is 0 Å². The lowest BCUT2D eigenvalue weighted by Crippen LogP contribution is -2.21. The molecule has 0 saturated carbocycles. The molecule has 3 rings (SSSR count). The molecule has 1 N–H and O–H groups in total. The van der Waals surface area contributed by atoms with Crippen LogP contribution in [0.3, 0.4) is 0 Å². The second-order valence-electron chi connectivity index (χ2n) is 6.26. The van der Waals surface area contributed by atoms with Crippen molar-refractivity contribution < 1.29 is 14.3 Å². The molecule has 0 radical (unpaired) electrons. The van der Waals surface area contributed by atoms with Gasteiger partial charge in [0.1, 0.15) is 0 Å². The van der Waals surface area contributed by atoms with E-state index in [4.69, 9.17) is 9.47 Å². The fraction of sp³-hybridized carbons (Fsp3) is 0.421. The largest absolute Gasteiger partial charge is 0.469 e. The maximum atomic E-state index is 13.0. The maximum Gasteiger partial charge on any atom is 0.311 e. The minimum atomic E-state index is -0.417. The number of esters is 1. The van der Waals surface area contributed by atoms with Gasteiger partial charge in [0.05, 0.1) is 43.1 Å². The molecule has 0 amide bonds. The molecule has 1 unspecified atom stereocenters. The molecule has 1 fully saturated rings. The van der Waals surface area contributed by atoms with Crippen molar-refractivity contribution in [3.05, 3.63) is 51.9 Å². The smallest absolute Gasteiger partial charge is 0.311 e. The van der Waals surface area contributed by atoms with Crippen molar-refractivity contribution >= 4 is 11.7 Å². The second-order valence-corrected chi connectivity index (χ2v) is 6.26. The summed E-state index contributed by atoms with van der Waals surface area (Å²) in [5.74, 6) is -0.417. The van der Waals surface area contributed by atoms with E-state index in [1.54, 1.807) is 6.92 Å². The van der Waals surface area contributed by atoms with Gasteiger partial charge in [0.25, 0.3) is 5.56 Å². The summed E-state index contributed by atoms with van der Waals surface area (Å²) in [7, 11) is 1.33. The van der Waals surface area contributed by atoms with Crippen LogP contribution in [-0.2, 0) is 20.7 Å². The zero-order valence-electron chi connectivity index (χ0n) is 15.0. The third kappa shape index (κ3) is 3.94. The molecule has 7 nitrogen and oxygen atoms in total. The number of aromatic nitrogens is 2. The van der Waals surface area contributed by atoms with Crippen LogP contribution in [0.1, 0.15) is 31.0 Å². The first-order valence-corrected chi connectivity index (χ1v) is 8.69. The van der Waals surface area contributed by atoms with Crippen molar-refractivity contribution in [2.75, 3.05) is 20.3 Å². The van der Waals surface area contributed by atoms with Crippen LogP contribution >= 0.6 is 0 Å². The number of hydrogen-bond donors (Lipinski definition) is 1. The van der Waals surface area contributed by atoms with Gasteiger partial charge in [-0.25, -0.2) is 4.68 Å². The molecular weight excluding hydrogens is 334 g/mol. The molecule has 1 aromatic carbocycles. The molecule has 26 heavy (non-hydrogen) atoms. The number of nitrogens with zero attached hydrogens (tertiary/aromatic N) is 2. The number of carbonyl (C=O) groups is 1. The Labute approximate surface area is 151 Å². The summed E-state index contributed by atoms with van der Waals surface area (Å²) in [6.45, 7) is 3.06. The van der Waals surface area contributed by atoms with E-state index in [2.05, 4.69) is 10.1 Å². The molecule has 2 aromatic rings. The molecule has 1 aliphatic heterocycles. The van der Waals surface area contributed by atoms with Crippen LogP contribution < -0.4 is 5.56 Å². The maximum absolute atomic E-state index is 13.0. The molecule has 1 aliphatic rings. The summed E-state index contributed by atoms with van der Waals surface area (Å²) in [5.41, 5.74) is 1.97. The number of methoxy groups -OCH3 is 1. The summed E-state index contributed by atoms with van der Waals surface area (Å²) in [4.78, 5) is 29.3. The Kier molecular flexibility index (Phi) is 5.68. The van der Waals surface area contributed by atoms with Crippen LogP contribution in [0, 0.1) is 0 Å². The zero-order chi connectivity index (χ0) is 18.5. The number of hydrogen-bond acceptors (Lipinski definition) is 5. The number of para-hydroxylation sites is 1. The Morgan fingerprint density at radius 3 is 2.81 bits per heavy atom. The first-order valence-electron chi connectivity index (χ1n) is 8.69. The number of benzene rings is 1. The molecule has 1 aromatic heterocycles. The van der Waals surface area contributed by atoms with Gasteiger partial charge < -0.3 is 9.47 Å². The number of rotatable bonds is 6. The van der Waals surface area contributed by atoms with Gasteiger partial charge in [-0.3, -0.25) is 19.7 Å². The summed E-state index contributed by atoms with van der Waals surface area (Å²) in [6, 6.07) is 9.22. The Morgan fingerprint density at radius 2 is 2.15 bits per heavy atom. The highest BCUT2D eigenvalue weighted by Gasteiger charge is 2.21. The lowest BCUT2D eigenvalue weighted by Gasteiger charge is -2.06. The van der Waals surface area contributed by atoms with Crippen LogP contribution in [-0.4, -0.2) is 47.8 Å². The average molecular weight is 357 g/mol. The quantitative estimate of drug-likeness (QED) is 0.632. The lowest BCUT2D eigenvalue weighted by molar-refractivity contribution is -0.139. The molecule has 0 spiro atoms. The summed E-state index contributed by atoms with van der Waals surface area (Å²) < 4.78 is 11.8. The molecule has 7 heteroatoms. The van der Waals surface area contributed by atoms with Crippen LogP contribution in [0.2, 0.25) is 0 Å². The Morgan fingerprint density at radius 1 is 1.38 bits per heavy atom. The second kappa shape index (κ2) is 8.14. The lowest BCUT2D eigenvalue weighted by atomic mass is 10.1. The Balaban J connectivity index is 1.97. The summed E-state index contributed by atoms with van der Waals surface area (Å²) >= 11 is 0. The standard InChI is InChI=1S/C19H23N3O4/c1-13(20-12-15-9-6-10-26-15)18-16(11-17(23)25-2)21-22(19(18)24)14-7-4-3-5-8-14/h3-5,7-8,15,21H,6,9-12H2,1-2H3. The van der Waals surface area contributed by atoms with E-state index in [0.717, 1.165) is 19.4 Å². The van der Waals surface area contributed by atoms with Crippen molar-refractivity contribution in [3.8, 4) is 5.69 Å². The number of H-pyrrole nitrogens is 1. The fourth-order valence-electron chi connectivity index (χ4n) is 3.07. The van der Waals surface area contributed by atoms with Crippen molar-refractivity contribution in [3.63, 3.8) is 0 Å². The summed E-state index contributed by atoms with van der Waals surface area (Å²) in [5, 5.41) is 3.03. The number of ether oxygens (including phenoxy) is 2. The normalized spacial score (nSPS) is 17.5. The van der Waals surface area contributed by atoms with E-state index in [0.29, 0.717) is 29.2 Å². The van der Waals surface area contributed by atoms with E-state index < -0.39 is 5.97 Å². The SMILES string of the molecule is COC(=O)Cc1[nH]n(-c2ccccc2)c(=O)c1C(C)=NCC1CCCO1. The van der Waals surface area contributed by atoms with Gasteiger partial charge in [-0.05, 0) is 31.9 Å². The number of aliphatic imine (C=N–C) groups is 1. The molecule has 2 heterocycles. The van der Waals surface area contributed by atoms with E-state index in [1.165, 1.54) is 11.8 Å². The highest BCUT2D eigenvalue weighted by molar-refractivity contribution is 6.00. The van der Waals surface area contributed by atoms with Crippen molar-refractivity contribution in [2.24, 2.45) is 4.99 Å². The van der Waals surface area contributed by atoms with Crippen LogP contribution in [0.25, 0.3) is 5.69 Å². The first-order chi connectivity index (χ1) is 12.6. The molecule has 0 bridgehead atoms. The van der Waals surface area contributed by atoms with E-state index >= 15 is 0 Å². The minimum Gasteiger partial charge on any atom is -0.469 e. The first kappa shape index (κ1) is 18.1. The molecule has 0 aliphatic carbocycles. The van der Waals surface area contributed by atoms with Gasteiger partial charge in [0.15, 0.2) is 0 Å². The summed E-state index contributed by atoms with van der Waals surface area (Å²) in [6.07, 6.45) is 2.10. The van der Waals surface area contributed by atoms with Crippen molar-refractivity contribution in [2.45, 2.75) is 32.3 Å². The predicted octanol–water partition coefficient (Wildman–Crippen LogP) is 1.87. The monoisotopic (exact) mass is 357 g/mol. The topological polar surface area (TPSA) is 85.7 Å². The van der Waals surface area contributed by atoms with Gasteiger partial charge >= 0.3 is 5.97 Å². The van der Waals surface area contributed by atoms with Crippen LogP contribution in [0.5, 0.6) is 0 Å². The molecule has 138 valence electrons. The molecule has 1 atom stereocenters. The van der Waals surface area contributed by atoms with E-state index in [1.807, 2.05) is 30.3 Å². The van der Waals surface area contributed by atoms with Gasteiger partial charge in [-0.15, -0.1) is 0 Å². The minimum absolute atomic E-state index is 0.0201. The fourth-order valence-corrected chi connectivity index (χ4v) is 3.07. The predicted molar refractivity (Wildman–Crippen MR) is 98.2 cm³/mol. The third-order valence-corrected chi connectivity index (χ3v) is 4.45. The number of aromatic amines is 1. The van der Waals surface area contributed by atoms with Gasteiger partial charge in [-0.2, -0.15) is 0 Å². The molecular formula is C19H23N3O4. The zero-order valence-corrected chi connectivity index (χ0v) is 15.0. The van der Waals surface area contributed by atoms with Gasteiger partial charge in [0.2, 0.25) is 0 Å². The van der Waals surface area contributed by atoms with E-state index in [9.17, 15) is 9.59 Å².